The zero-order chi connectivity index (χ0) is 22.2. The van der Waals surface area contributed by atoms with E-state index in [9.17, 15) is 9.59 Å². The smallest absolute Gasteiger partial charge is 0.243 e. The second-order valence-electron chi connectivity index (χ2n) is 6.55. The van der Waals surface area contributed by atoms with Gasteiger partial charge in [-0.3, -0.25) is 9.59 Å². The van der Waals surface area contributed by atoms with E-state index in [2.05, 4.69) is 16.0 Å². The van der Waals surface area contributed by atoms with E-state index in [1.54, 1.807) is 36.4 Å². The summed E-state index contributed by atoms with van der Waals surface area (Å²) in [5.74, 6) is 1.14. The molecule has 0 aromatic heterocycles. The van der Waals surface area contributed by atoms with Crippen molar-refractivity contribution in [3.63, 3.8) is 0 Å². The molecule has 0 radical (unpaired) electrons. The molecule has 3 aromatic rings. The first-order valence-electron chi connectivity index (χ1n) is 9.46. The number of carbonyl (C=O) groups excluding carboxylic acids is 2. The molecule has 0 atom stereocenters. The molecular weight excluding hydrogens is 418 g/mol. The van der Waals surface area contributed by atoms with Crippen LogP contribution in [-0.2, 0) is 9.59 Å². The summed E-state index contributed by atoms with van der Waals surface area (Å²) in [6.07, 6.45) is 0. The minimum absolute atomic E-state index is 0.0426. The van der Waals surface area contributed by atoms with Gasteiger partial charge in [-0.2, -0.15) is 0 Å². The van der Waals surface area contributed by atoms with Crippen molar-refractivity contribution in [1.29, 1.82) is 0 Å². The number of anilines is 3. The molecule has 8 heteroatoms. The van der Waals surface area contributed by atoms with Crippen LogP contribution < -0.4 is 25.4 Å². The molecule has 0 fully saturated rings. The maximum absolute atomic E-state index is 12.6. The highest BCUT2D eigenvalue weighted by Gasteiger charge is 2.12. The van der Waals surface area contributed by atoms with Gasteiger partial charge in [-0.1, -0.05) is 29.8 Å². The number of benzene rings is 3. The van der Waals surface area contributed by atoms with E-state index in [1.165, 1.54) is 14.0 Å². The lowest BCUT2D eigenvalue weighted by atomic mass is 10.2. The first-order chi connectivity index (χ1) is 14.9. The summed E-state index contributed by atoms with van der Waals surface area (Å²) in [5.41, 5.74) is 1.56. The highest BCUT2D eigenvalue weighted by molar-refractivity contribution is 6.31. The fourth-order valence-electron chi connectivity index (χ4n) is 2.80. The number of carbonyl (C=O) groups is 2. The second kappa shape index (κ2) is 10.4. The van der Waals surface area contributed by atoms with Crippen LogP contribution in [0, 0.1) is 0 Å². The Hall–Kier alpha value is -3.71. The van der Waals surface area contributed by atoms with Crippen molar-refractivity contribution in [2.24, 2.45) is 0 Å². The molecule has 160 valence electrons. The highest BCUT2D eigenvalue weighted by atomic mass is 35.5. The van der Waals surface area contributed by atoms with Gasteiger partial charge in [0, 0.05) is 17.6 Å². The normalized spacial score (nSPS) is 10.2. The monoisotopic (exact) mass is 439 g/mol. The standard InChI is InChI=1S/C23H22ClN3O4/c1-15(28)26-17-9-11-21(30-2)20(13-17)27-23(29)14-25-19-12-16(24)8-10-22(19)31-18-6-4-3-5-7-18/h3-13,25H,14H2,1-2H3,(H,26,28)(H,27,29). The molecule has 3 rings (SSSR count). The van der Waals surface area contributed by atoms with Crippen molar-refractivity contribution in [3.05, 3.63) is 71.8 Å². The largest absolute Gasteiger partial charge is 0.495 e. The Balaban J connectivity index is 1.70. The topological polar surface area (TPSA) is 88.7 Å². The Kier molecular flexibility index (Phi) is 7.35. The molecule has 0 unspecified atom stereocenters. The Labute approximate surface area is 185 Å². The summed E-state index contributed by atoms with van der Waals surface area (Å²) in [7, 11) is 1.50. The predicted octanol–water partition coefficient (Wildman–Crippen LogP) is 5.15. The van der Waals surface area contributed by atoms with Gasteiger partial charge in [0.25, 0.3) is 0 Å². The van der Waals surface area contributed by atoms with Crippen LogP contribution in [0.5, 0.6) is 17.2 Å². The molecule has 3 aromatic carbocycles. The molecule has 3 N–H and O–H groups in total. The lowest BCUT2D eigenvalue weighted by molar-refractivity contribution is -0.115. The van der Waals surface area contributed by atoms with Gasteiger partial charge in [-0.05, 0) is 48.5 Å². The van der Waals surface area contributed by atoms with E-state index in [0.717, 1.165) is 0 Å². The van der Waals surface area contributed by atoms with Crippen LogP contribution in [-0.4, -0.2) is 25.5 Å². The highest BCUT2D eigenvalue weighted by Crippen LogP contribution is 2.32. The zero-order valence-electron chi connectivity index (χ0n) is 17.1. The number of methoxy groups -OCH3 is 1. The van der Waals surface area contributed by atoms with Crippen LogP contribution in [0.1, 0.15) is 6.92 Å². The van der Waals surface area contributed by atoms with Crippen molar-refractivity contribution in [2.45, 2.75) is 6.92 Å². The third kappa shape index (κ3) is 6.38. The molecule has 0 spiro atoms. The van der Waals surface area contributed by atoms with Crippen LogP contribution in [0.4, 0.5) is 17.1 Å². The number of para-hydroxylation sites is 1. The average Bonchev–Trinajstić information content (AvgIpc) is 2.74. The van der Waals surface area contributed by atoms with E-state index in [1.807, 2.05) is 30.3 Å². The van der Waals surface area contributed by atoms with E-state index in [0.29, 0.717) is 39.3 Å². The molecule has 31 heavy (non-hydrogen) atoms. The van der Waals surface area contributed by atoms with Gasteiger partial charge in [0.05, 0.1) is 25.0 Å². The lowest BCUT2D eigenvalue weighted by Crippen LogP contribution is -2.22. The first kappa shape index (κ1) is 22.0. The lowest BCUT2D eigenvalue weighted by Gasteiger charge is -2.15. The van der Waals surface area contributed by atoms with Gasteiger partial charge >= 0.3 is 0 Å². The molecule has 0 saturated carbocycles. The molecule has 0 aliphatic rings. The molecule has 7 nitrogen and oxygen atoms in total. The number of amides is 2. The van der Waals surface area contributed by atoms with Crippen molar-refractivity contribution in [3.8, 4) is 17.2 Å². The van der Waals surface area contributed by atoms with E-state index in [-0.39, 0.29) is 18.4 Å². The molecule has 2 amide bonds. The summed E-state index contributed by atoms with van der Waals surface area (Å²) < 4.78 is 11.2. The van der Waals surface area contributed by atoms with Crippen molar-refractivity contribution in [2.75, 3.05) is 29.6 Å². The number of nitrogens with one attached hydrogen (secondary N) is 3. The molecule has 0 aliphatic carbocycles. The predicted molar refractivity (Wildman–Crippen MR) is 122 cm³/mol. The minimum atomic E-state index is -0.316. The summed E-state index contributed by atoms with van der Waals surface area (Å²) >= 11 is 6.12. The van der Waals surface area contributed by atoms with Crippen LogP contribution in [0.3, 0.4) is 0 Å². The third-order valence-corrected chi connectivity index (χ3v) is 4.38. The van der Waals surface area contributed by atoms with E-state index in [4.69, 9.17) is 21.1 Å². The van der Waals surface area contributed by atoms with Gasteiger partial charge in [0.15, 0.2) is 5.75 Å². The SMILES string of the molecule is COc1ccc(NC(C)=O)cc1NC(=O)CNc1cc(Cl)ccc1Oc1ccccc1. The van der Waals surface area contributed by atoms with Crippen LogP contribution in [0.25, 0.3) is 0 Å². The Bertz CT molecular complexity index is 1070. The van der Waals surface area contributed by atoms with E-state index >= 15 is 0 Å². The third-order valence-electron chi connectivity index (χ3n) is 4.15. The summed E-state index contributed by atoms with van der Waals surface area (Å²) in [6.45, 7) is 1.37. The summed E-state index contributed by atoms with van der Waals surface area (Å²) in [6, 6.07) is 19.4. The second-order valence-corrected chi connectivity index (χ2v) is 6.99. The summed E-state index contributed by atoms with van der Waals surface area (Å²) in [4.78, 5) is 23.8. The molecule has 0 saturated heterocycles. The first-order valence-corrected chi connectivity index (χ1v) is 9.84. The molecule has 0 aliphatic heterocycles. The number of hydrogen-bond acceptors (Lipinski definition) is 5. The average molecular weight is 440 g/mol. The Morgan fingerprint density at radius 2 is 1.65 bits per heavy atom. The number of hydrogen-bond donors (Lipinski definition) is 3. The summed E-state index contributed by atoms with van der Waals surface area (Å²) in [5, 5.41) is 9.00. The van der Waals surface area contributed by atoms with Gasteiger partial charge in [-0.15, -0.1) is 0 Å². The van der Waals surface area contributed by atoms with Crippen molar-refractivity contribution >= 4 is 40.5 Å². The van der Waals surface area contributed by atoms with Gasteiger partial charge in [0.1, 0.15) is 11.5 Å². The minimum Gasteiger partial charge on any atom is -0.495 e. The van der Waals surface area contributed by atoms with Crippen molar-refractivity contribution in [1.82, 2.24) is 0 Å². The van der Waals surface area contributed by atoms with Gasteiger partial charge in [-0.25, -0.2) is 0 Å². The molecule has 0 heterocycles. The van der Waals surface area contributed by atoms with E-state index < -0.39 is 0 Å². The van der Waals surface area contributed by atoms with Crippen molar-refractivity contribution < 1.29 is 19.1 Å². The van der Waals surface area contributed by atoms with Gasteiger partial charge in [0.2, 0.25) is 11.8 Å². The maximum atomic E-state index is 12.6. The number of rotatable bonds is 8. The zero-order valence-corrected chi connectivity index (χ0v) is 17.8. The Morgan fingerprint density at radius 3 is 2.35 bits per heavy atom. The molecular formula is C23H22ClN3O4. The quantitative estimate of drug-likeness (QED) is 0.451. The maximum Gasteiger partial charge on any atom is 0.243 e. The number of ether oxygens (including phenoxy) is 2. The van der Waals surface area contributed by atoms with Crippen LogP contribution in [0.2, 0.25) is 5.02 Å². The molecule has 0 bridgehead atoms. The Morgan fingerprint density at radius 1 is 0.903 bits per heavy atom. The van der Waals surface area contributed by atoms with Gasteiger partial charge < -0.3 is 25.4 Å². The fraction of sp³-hybridized carbons (Fsp3) is 0.130. The number of halogens is 1. The fourth-order valence-corrected chi connectivity index (χ4v) is 2.97. The van der Waals surface area contributed by atoms with Crippen LogP contribution >= 0.6 is 11.6 Å². The van der Waals surface area contributed by atoms with Crippen LogP contribution in [0.15, 0.2) is 66.7 Å².